The fourth-order valence-corrected chi connectivity index (χ4v) is 2.56. The van der Waals surface area contributed by atoms with Crippen LogP contribution in [0.2, 0.25) is 0 Å². The fraction of sp³-hybridized carbons (Fsp3) is 0.647. The van der Waals surface area contributed by atoms with Crippen molar-refractivity contribution in [1.82, 2.24) is 15.6 Å². The minimum absolute atomic E-state index is 0. The summed E-state index contributed by atoms with van der Waals surface area (Å²) in [6.07, 6.45) is 2.10. The number of ether oxygens (including phenoxy) is 2. The maximum Gasteiger partial charge on any atom is 0.191 e. The van der Waals surface area contributed by atoms with Gasteiger partial charge < -0.3 is 25.0 Å². The van der Waals surface area contributed by atoms with E-state index in [0.717, 1.165) is 44.6 Å². The van der Waals surface area contributed by atoms with E-state index in [4.69, 9.17) is 9.47 Å². The van der Waals surface area contributed by atoms with Crippen molar-refractivity contribution in [1.29, 1.82) is 0 Å². The Labute approximate surface area is 167 Å². The van der Waals surface area contributed by atoms with Gasteiger partial charge in [-0.1, -0.05) is 0 Å². The van der Waals surface area contributed by atoms with Crippen molar-refractivity contribution in [3.63, 3.8) is 0 Å². The lowest BCUT2D eigenvalue weighted by Crippen LogP contribution is -2.41. The zero-order valence-electron chi connectivity index (χ0n) is 15.3. The first-order valence-electron chi connectivity index (χ1n) is 8.56. The Kier molecular flexibility index (Phi) is 10.7. The number of nitrogens with zero attached hydrogens (tertiary/aromatic N) is 3. The van der Waals surface area contributed by atoms with E-state index in [9.17, 15) is 0 Å². The highest BCUT2D eigenvalue weighted by Crippen LogP contribution is 2.16. The van der Waals surface area contributed by atoms with Crippen LogP contribution >= 0.6 is 24.0 Å². The van der Waals surface area contributed by atoms with Crippen molar-refractivity contribution in [3.8, 4) is 0 Å². The summed E-state index contributed by atoms with van der Waals surface area (Å²) < 4.78 is 10.9. The summed E-state index contributed by atoms with van der Waals surface area (Å²) in [5.41, 5.74) is 1.17. The first kappa shape index (κ1) is 21.9. The first-order valence-corrected chi connectivity index (χ1v) is 8.56. The highest BCUT2D eigenvalue weighted by Gasteiger charge is 2.17. The summed E-state index contributed by atoms with van der Waals surface area (Å²) in [6.45, 7) is 9.43. The maximum atomic E-state index is 5.59. The Morgan fingerprint density at radius 3 is 3.04 bits per heavy atom. The van der Waals surface area contributed by atoms with Crippen LogP contribution in [0.1, 0.15) is 19.4 Å². The Balaban J connectivity index is 0.00000312. The van der Waals surface area contributed by atoms with Crippen molar-refractivity contribution < 1.29 is 9.47 Å². The zero-order valence-corrected chi connectivity index (χ0v) is 17.7. The normalized spacial score (nSPS) is 17.8. The Bertz CT molecular complexity index is 530. The molecule has 0 radical (unpaired) electrons. The molecule has 0 amide bonds. The molecule has 142 valence electrons. The van der Waals surface area contributed by atoms with Crippen molar-refractivity contribution in [3.05, 3.63) is 23.9 Å². The van der Waals surface area contributed by atoms with Crippen LogP contribution in [0, 0.1) is 0 Å². The number of hydrogen-bond donors (Lipinski definition) is 2. The average molecular weight is 463 g/mol. The number of guanidine groups is 1. The number of rotatable bonds is 7. The Hall–Kier alpha value is -1.13. The van der Waals surface area contributed by atoms with E-state index >= 15 is 0 Å². The number of nitrogens with one attached hydrogen (secondary N) is 2. The molecule has 1 atom stereocenters. The van der Waals surface area contributed by atoms with E-state index in [1.807, 2.05) is 19.2 Å². The van der Waals surface area contributed by atoms with Gasteiger partial charge in [-0.05, 0) is 31.5 Å². The van der Waals surface area contributed by atoms with Crippen LogP contribution in [0.3, 0.4) is 0 Å². The van der Waals surface area contributed by atoms with Gasteiger partial charge in [-0.25, -0.2) is 4.98 Å². The van der Waals surface area contributed by atoms with E-state index in [2.05, 4.69) is 38.5 Å². The fourth-order valence-electron chi connectivity index (χ4n) is 2.56. The molecule has 1 aliphatic rings. The molecular formula is C17H30IN5O2. The maximum absolute atomic E-state index is 5.59. The molecule has 0 bridgehead atoms. The van der Waals surface area contributed by atoms with Crippen LogP contribution < -0.4 is 15.5 Å². The third-order valence-electron chi connectivity index (χ3n) is 3.80. The van der Waals surface area contributed by atoms with E-state index in [1.54, 1.807) is 7.05 Å². The molecule has 1 aromatic rings. The van der Waals surface area contributed by atoms with Gasteiger partial charge in [-0.15, -0.1) is 24.0 Å². The molecule has 8 heteroatoms. The molecule has 1 aromatic heterocycles. The molecule has 0 aromatic carbocycles. The predicted molar refractivity (Wildman–Crippen MR) is 112 cm³/mol. The number of hydrogen-bond acceptors (Lipinski definition) is 5. The lowest BCUT2D eigenvalue weighted by atomic mass is 10.2. The molecule has 0 aliphatic carbocycles. The Morgan fingerprint density at radius 2 is 2.32 bits per heavy atom. The molecule has 2 rings (SSSR count). The van der Waals surface area contributed by atoms with Gasteiger partial charge in [-0.2, -0.15) is 0 Å². The van der Waals surface area contributed by atoms with E-state index < -0.39 is 0 Å². The van der Waals surface area contributed by atoms with Gasteiger partial charge in [0.15, 0.2) is 5.96 Å². The van der Waals surface area contributed by atoms with Gasteiger partial charge in [0.1, 0.15) is 5.82 Å². The largest absolute Gasteiger partial charge is 0.380 e. The minimum atomic E-state index is 0. The van der Waals surface area contributed by atoms with Crippen LogP contribution in [0.25, 0.3) is 0 Å². The molecule has 1 unspecified atom stereocenters. The number of pyridine rings is 1. The van der Waals surface area contributed by atoms with E-state index in [1.165, 1.54) is 5.56 Å². The summed E-state index contributed by atoms with van der Waals surface area (Å²) in [6, 6.07) is 4.15. The van der Waals surface area contributed by atoms with Gasteiger partial charge in [0.25, 0.3) is 0 Å². The van der Waals surface area contributed by atoms with Gasteiger partial charge in [0, 0.05) is 46.0 Å². The van der Waals surface area contributed by atoms with Gasteiger partial charge in [-0.3, -0.25) is 4.99 Å². The smallest absolute Gasteiger partial charge is 0.191 e. The van der Waals surface area contributed by atoms with Crippen LogP contribution in [0.15, 0.2) is 23.3 Å². The molecule has 0 saturated carbocycles. The molecule has 25 heavy (non-hydrogen) atoms. The number of halogens is 1. The summed E-state index contributed by atoms with van der Waals surface area (Å²) >= 11 is 0. The first-order chi connectivity index (χ1) is 11.7. The van der Waals surface area contributed by atoms with Crippen LogP contribution in [-0.4, -0.2) is 63.6 Å². The number of morpholine rings is 1. The third-order valence-corrected chi connectivity index (χ3v) is 3.80. The summed E-state index contributed by atoms with van der Waals surface area (Å²) in [7, 11) is 1.77. The van der Waals surface area contributed by atoms with Crippen molar-refractivity contribution in [2.24, 2.45) is 4.99 Å². The lowest BCUT2D eigenvalue weighted by molar-refractivity contribution is 0.0529. The van der Waals surface area contributed by atoms with E-state index in [0.29, 0.717) is 13.2 Å². The van der Waals surface area contributed by atoms with Gasteiger partial charge in [0.05, 0.1) is 19.3 Å². The molecule has 0 spiro atoms. The summed E-state index contributed by atoms with van der Waals surface area (Å²) in [4.78, 5) is 11.0. The highest BCUT2D eigenvalue weighted by molar-refractivity contribution is 14.0. The van der Waals surface area contributed by atoms with Gasteiger partial charge in [0.2, 0.25) is 0 Å². The molecule has 7 nitrogen and oxygen atoms in total. The second-order valence-electron chi connectivity index (χ2n) is 5.70. The standard InChI is InChI=1S/C17H29N5O2.HI/c1-4-23-9-7-20-17(18-3)21-12-15-5-6-19-16(11-15)22-8-10-24-14(2)13-22;/h5-6,11,14H,4,7-10,12-13H2,1-3H3,(H2,18,20,21);1H. The number of aromatic nitrogens is 1. The number of aliphatic imine (C=N–C) groups is 1. The third kappa shape index (κ3) is 7.74. The van der Waals surface area contributed by atoms with Crippen LogP contribution in [0.4, 0.5) is 5.82 Å². The van der Waals surface area contributed by atoms with Crippen molar-refractivity contribution >= 4 is 35.8 Å². The average Bonchev–Trinajstić information content (AvgIpc) is 2.61. The van der Waals surface area contributed by atoms with Crippen LogP contribution in [-0.2, 0) is 16.0 Å². The topological polar surface area (TPSA) is 71.0 Å². The summed E-state index contributed by atoms with van der Waals surface area (Å²) in [5.74, 6) is 1.77. The number of anilines is 1. The van der Waals surface area contributed by atoms with Crippen LogP contribution in [0.5, 0.6) is 0 Å². The summed E-state index contributed by atoms with van der Waals surface area (Å²) in [5, 5.41) is 6.54. The lowest BCUT2D eigenvalue weighted by Gasteiger charge is -2.32. The quantitative estimate of drug-likeness (QED) is 0.277. The second-order valence-corrected chi connectivity index (χ2v) is 5.70. The predicted octanol–water partition coefficient (Wildman–Crippen LogP) is 1.63. The SMILES string of the molecule is CCOCCNC(=NC)NCc1ccnc(N2CCOC(C)C2)c1.I. The van der Waals surface area contributed by atoms with E-state index in [-0.39, 0.29) is 30.1 Å². The highest BCUT2D eigenvalue weighted by atomic mass is 127. The monoisotopic (exact) mass is 463 g/mol. The van der Waals surface area contributed by atoms with Crippen molar-refractivity contribution in [2.75, 3.05) is 51.4 Å². The molecular weight excluding hydrogens is 433 g/mol. The molecule has 1 saturated heterocycles. The molecule has 2 heterocycles. The minimum Gasteiger partial charge on any atom is -0.380 e. The Morgan fingerprint density at radius 1 is 1.48 bits per heavy atom. The van der Waals surface area contributed by atoms with Gasteiger partial charge >= 0.3 is 0 Å². The zero-order chi connectivity index (χ0) is 17.2. The molecule has 1 aliphatic heterocycles. The second kappa shape index (κ2) is 12.3. The van der Waals surface area contributed by atoms with Crippen molar-refractivity contribution in [2.45, 2.75) is 26.5 Å². The molecule has 2 N–H and O–H groups in total. The molecule has 1 fully saturated rings.